The Kier molecular flexibility index (Phi) is 3.84. The fraction of sp³-hybridized carbons (Fsp3) is 0.786. The van der Waals surface area contributed by atoms with Crippen LogP contribution in [0.1, 0.15) is 39.0 Å². The molecule has 2 heterocycles. The molecule has 3 N–H and O–H groups in total. The fourth-order valence-electron chi connectivity index (χ4n) is 3.45. The molecule has 1 aliphatic heterocycles. The summed E-state index contributed by atoms with van der Waals surface area (Å²) in [5, 5.41) is 10.7. The first-order chi connectivity index (χ1) is 10.1. The smallest absolute Gasteiger partial charge is 0.323 e. The number of nitrogen functional groups attached to an aromatic ring is 1. The van der Waals surface area contributed by atoms with E-state index >= 15 is 0 Å². The van der Waals surface area contributed by atoms with Crippen LogP contribution in [0.15, 0.2) is 0 Å². The van der Waals surface area contributed by atoms with Crippen molar-refractivity contribution in [1.82, 2.24) is 15.0 Å². The van der Waals surface area contributed by atoms with E-state index in [1.54, 1.807) is 0 Å². The van der Waals surface area contributed by atoms with Gasteiger partial charge < -0.3 is 20.5 Å². The summed E-state index contributed by atoms with van der Waals surface area (Å²) in [5.41, 5.74) is 5.23. The van der Waals surface area contributed by atoms with Crippen LogP contribution in [0.2, 0.25) is 0 Å². The van der Waals surface area contributed by atoms with Crippen molar-refractivity contribution in [2.75, 3.05) is 30.3 Å². The predicted molar refractivity (Wildman–Crippen MR) is 79.1 cm³/mol. The number of aliphatic hydroxyl groups is 1. The number of hydrogen-bond donors (Lipinski definition) is 2. The monoisotopic (exact) mass is 293 g/mol. The van der Waals surface area contributed by atoms with Crippen molar-refractivity contribution >= 4 is 11.9 Å². The molecule has 1 aromatic rings. The Hall–Kier alpha value is -1.63. The summed E-state index contributed by atoms with van der Waals surface area (Å²) < 4.78 is 5.33. The number of fused-ring (bicyclic) bond motifs is 1. The molecule has 7 nitrogen and oxygen atoms in total. The van der Waals surface area contributed by atoms with Gasteiger partial charge in [0.15, 0.2) is 0 Å². The highest BCUT2D eigenvalue weighted by atomic mass is 16.5. The van der Waals surface area contributed by atoms with E-state index in [1.807, 2.05) is 6.92 Å². The molecule has 2 atom stereocenters. The third kappa shape index (κ3) is 2.88. The second-order valence-electron chi connectivity index (χ2n) is 5.95. The second-order valence-corrected chi connectivity index (χ2v) is 5.95. The highest BCUT2D eigenvalue weighted by Crippen LogP contribution is 2.40. The minimum Gasteiger partial charge on any atom is -0.464 e. The summed E-state index contributed by atoms with van der Waals surface area (Å²) >= 11 is 0. The topological polar surface area (TPSA) is 97.4 Å². The van der Waals surface area contributed by atoms with Gasteiger partial charge in [0.25, 0.3) is 0 Å². The quantitative estimate of drug-likeness (QED) is 0.857. The van der Waals surface area contributed by atoms with Crippen molar-refractivity contribution in [3.05, 3.63) is 0 Å². The van der Waals surface area contributed by atoms with Gasteiger partial charge in [-0.2, -0.15) is 15.0 Å². The Morgan fingerprint density at radius 1 is 1.33 bits per heavy atom. The fourth-order valence-corrected chi connectivity index (χ4v) is 3.45. The third-order valence-electron chi connectivity index (χ3n) is 4.60. The molecule has 7 heteroatoms. The molecule has 3 rings (SSSR count). The molecule has 1 aliphatic carbocycles. The largest absolute Gasteiger partial charge is 0.464 e. The van der Waals surface area contributed by atoms with Crippen LogP contribution in [-0.2, 0) is 0 Å². The van der Waals surface area contributed by atoms with Gasteiger partial charge in [0.05, 0.1) is 12.2 Å². The molecule has 1 aromatic heterocycles. The van der Waals surface area contributed by atoms with E-state index in [1.165, 1.54) is 6.42 Å². The van der Waals surface area contributed by atoms with Gasteiger partial charge >= 0.3 is 6.01 Å². The van der Waals surface area contributed by atoms with Crippen molar-refractivity contribution in [2.45, 2.75) is 44.6 Å². The maximum absolute atomic E-state index is 10.7. The highest BCUT2D eigenvalue weighted by molar-refractivity contribution is 5.37. The zero-order chi connectivity index (χ0) is 14.9. The molecule has 2 fully saturated rings. The molecular formula is C14H23N5O2. The second kappa shape index (κ2) is 5.63. The normalized spacial score (nSPS) is 29.0. The van der Waals surface area contributed by atoms with Gasteiger partial charge in [0.1, 0.15) is 0 Å². The lowest BCUT2D eigenvalue weighted by Crippen LogP contribution is -2.53. The lowest BCUT2D eigenvalue weighted by atomic mass is 9.71. The number of hydrogen-bond acceptors (Lipinski definition) is 7. The summed E-state index contributed by atoms with van der Waals surface area (Å²) in [4.78, 5) is 14.6. The number of aromatic nitrogens is 3. The van der Waals surface area contributed by atoms with Gasteiger partial charge in [-0.1, -0.05) is 12.8 Å². The summed E-state index contributed by atoms with van der Waals surface area (Å²) in [5.74, 6) is 1.01. The summed E-state index contributed by atoms with van der Waals surface area (Å²) in [6.07, 6.45) is 5.04. The molecule has 0 radical (unpaired) electrons. The molecule has 0 spiro atoms. The zero-order valence-corrected chi connectivity index (χ0v) is 12.5. The average Bonchev–Trinajstić information content (AvgIpc) is 2.46. The molecular weight excluding hydrogens is 270 g/mol. The van der Waals surface area contributed by atoms with Gasteiger partial charge in [-0.3, -0.25) is 0 Å². The Labute approximate surface area is 124 Å². The minimum atomic E-state index is -0.504. The van der Waals surface area contributed by atoms with E-state index in [0.717, 1.165) is 38.8 Å². The number of ether oxygens (including phenoxy) is 1. The van der Waals surface area contributed by atoms with Gasteiger partial charge in [0.2, 0.25) is 11.9 Å². The molecule has 1 saturated heterocycles. The lowest BCUT2D eigenvalue weighted by molar-refractivity contribution is -0.0614. The van der Waals surface area contributed by atoms with Crippen molar-refractivity contribution < 1.29 is 9.84 Å². The van der Waals surface area contributed by atoms with Crippen molar-refractivity contribution in [3.63, 3.8) is 0 Å². The number of nitrogens with zero attached hydrogens (tertiary/aromatic N) is 4. The maximum Gasteiger partial charge on any atom is 0.323 e. The van der Waals surface area contributed by atoms with Crippen LogP contribution in [0.5, 0.6) is 6.01 Å². The predicted octanol–water partition coefficient (Wildman–Crippen LogP) is 0.984. The van der Waals surface area contributed by atoms with E-state index in [9.17, 15) is 5.11 Å². The Morgan fingerprint density at radius 3 is 3.00 bits per heavy atom. The van der Waals surface area contributed by atoms with Gasteiger partial charge in [-0.15, -0.1) is 0 Å². The molecule has 0 amide bonds. The first kappa shape index (κ1) is 14.3. The third-order valence-corrected chi connectivity index (χ3v) is 4.60. The molecule has 116 valence electrons. The Bertz CT molecular complexity index is 512. The van der Waals surface area contributed by atoms with Gasteiger partial charge in [-0.25, -0.2) is 0 Å². The first-order valence-corrected chi connectivity index (χ1v) is 7.72. The molecule has 21 heavy (non-hydrogen) atoms. The van der Waals surface area contributed by atoms with Crippen LogP contribution >= 0.6 is 0 Å². The van der Waals surface area contributed by atoms with Crippen molar-refractivity contribution in [2.24, 2.45) is 5.92 Å². The first-order valence-electron chi connectivity index (χ1n) is 7.72. The number of anilines is 2. The van der Waals surface area contributed by atoms with E-state index in [0.29, 0.717) is 12.6 Å². The molecule has 2 unspecified atom stereocenters. The molecule has 2 aliphatic rings. The Morgan fingerprint density at radius 2 is 2.19 bits per heavy atom. The van der Waals surface area contributed by atoms with Crippen LogP contribution in [-0.4, -0.2) is 45.4 Å². The standard InChI is InChI=1S/C14H23N5O2/c1-2-21-13-17-11(15)16-12(18-13)19-8-7-14(20)6-4-3-5-10(14)9-19/h10,20H,2-9H2,1H3,(H2,15,16,17,18). The zero-order valence-electron chi connectivity index (χ0n) is 12.5. The molecule has 1 saturated carbocycles. The van der Waals surface area contributed by atoms with Crippen LogP contribution in [0.4, 0.5) is 11.9 Å². The van der Waals surface area contributed by atoms with Gasteiger partial charge in [0, 0.05) is 19.0 Å². The van der Waals surface area contributed by atoms with E-state index in [4.69, 9.17) is 10.5 Å². The van der Waals surface area contributed by atoms with Crippen LogP contribution in [0, 0.1) is 5.92 Å². The van der Waals surface area contributed by atoms with Crippen molar-refractivity contribution in [1.29, 1.82) is 0 Å². The average molecular weight is 293 g/mol. The number of rotatable bonds is 3. The highest BCUT2D eigenvalue weighted by Gasteiger charge is 2.43. The van der Waals surface area contributed by atoms with E-state index < -0.39 is 5.60 Å². The van der Waals surface area contributed by atoms with Crippen molar-refractivity contribution in [3.8, 4) is 6.01 Å². The minimum absolute atomic E-state index is 0.174. The SMILES string of the molecule is CCOc1nc(N)nc(N2CCC3(O)CCCCC3C2)n1. The van der Waals surface area contributed by atoms with Crippen LogP contribution < -0.4 is 15.4 Å². The lowest BCUT2D eigenvalue weighted by Gasteiger charge is -2.47. The number of nitrogens with two attached hydrogens (primary N) is 1. The number of piperidine rings is 1. The maximum atomic E-state index is 10.7. The molecule has 0 bridgehead atoms. The van der Waals surface area contributed by atoms with E-state index in [-0.39, 0.29) is 17.9 Å². The van der Waals surface area contributed by atoms with Crippen LogP contribution in [0.3, 0.4) is 0 Å². The summed E-state index contributed by atoms with van der Waals surface area (Å²) in [7, 11) is 0. The summed E-state index contributed by atoms with van der Waals surface area (Å²) in [6, 6.07) is 0.268. The molecule has 0 aromatic carbocycles. The van der Waals surface area contributed by atoms with Crippen LogP contribution in [0.25, 0.3) is 0 Å². The van der Waals surface area contributed by atoms with E-state index in [2.05, 4.69) is 19.9 Å². The van der Waals surface area contributed by atoms with Gasteiger partial charge in [-0.05, 0) is 26.2 Å². The summed E-state index contributed by atoms with van der Waals surface area (Å²) in [6.45, 7) is 3.88. The Balaban J connectivity index is 1.78.